The molecule has 468 valence electrons. The van der Waals surface area contributed by atoms with E-state index in [1.165, 1.54) is 6.92 Å². The number of nitrogens with two attached hydrogens (primary N) is 6. The third-order valence-electron chi connectivity index (χ3n) is 13.2. The Kier molecular flexibility index (Phi) is 35.3. The largest absolute Gasteiger partial charge is 0.391 e. The van der Waals surface area contributed by atoms with Crippen molar-refractivity contribution >= 4 is 86.7 Å². The molecule has 0 bridgehead atoms. The van der Waals surface area contributed by atoms with Gasteiger partial charge in [-0.3, -0.25) is 52.8 Å². The molecule has 1 aliphatic heterocycles. The summed E-state index contributed by atoms with van der Waals surface area (Å²) in [4.78, 5) is 153. The van der Waals surface area contributed by atoms with Crippen LogP contribution in [0.3, 0.4) is 0 Å². The number of primary amides is 1. The molecule has 1 unspecified atom stereocenters. The zero-order chi connectivity index (χ0) is 62.0. The lowest BCUT2D eigenvalue weighted by atomic mass is 10.00. The summed E-state index contributed by atoms with van der Waals surface area (Å²) in [6.45, 7) is 6.26. The highest BCUT2D eigenvalue weighted by molar-refractivity contribution is 8.76. The number of unbranched alkanes of at least 4 members (excludes halogenated alkanes) is 5. The highest BCUT2D eigenvalue weighted by Gasteiger charge is 2.37. The molecule has 0 saturated carbocycles. The zero-order valence-corrected chi connectivity index (χ0v) is 49.9. The van der Waals surface area contributed by atoms with Crippen molar-refractivity contribution in [1.82, 2.24) is 52.8 Å². The Morgan fingerprint density at radius 1 is 0.614 bits per heavy atom. The molecule has 1 fully saturated rings. The molecule has 1 aromatic carbocycles. The highest BCUT2D eigenvalue weighted by atomic mass is 33.1. The summed E-state index contributed by atoms with van der Waals surface area (Å²) in [6.07, 6.45) is 3.40. The molecule has 10 atom stereocenters. The number of benzene rings is 1. The molecule has 0 aliphatic carbocycles. The predicted molar refractivity (Wildman–Crippen MR) is 316 cm³/mol. The van der Waals surface area contributed by atoms with Crippen molar-refractivity contribution in [3.05, 3.63) is 35.9 Å². The van der Waals surface area contributed by atoms with Crippen molar-refractivity contribution in [3.8, 4) is 0 Å². The van der Waals surface area contributed by atoms with Gasteiger partial charge in [-0.2, -0.15) is 0 Å². The normalized spacial score (nSPS) is 21.5. The minimum Gasteiger partial charge on any atom is -0.391 e. The number of carbonyl (C=O) groups excluding carboxylic acids is 11. The van der Waals surface area contributed by atoms with E-state index in [4.69, 9.17) is 34.4 Å². The van der Waals surface area contributed by atoms with E-state index in [-0.39, 0.29) is 95.8 Å². The van der Waals surface area contributed by atoms with Crippen LogP contribution in [0.4, 0.5) is 4.79 Å². The number of hydrogen-bond donors (Lipinski definition) is 16. The molecular weight excluding hydrogens is 1120 g/mol. The second-order valence-corrected chi connectivity index (χ2v) is 23.1. The van der Waals surface area contributed by atoms with Crippen LogP contribution in [0.25, 0.3) is 0 Å². The molecule has 22 N–H and O–H groups in total. The fourth-order valence-electron chi connectivity index (χ4n) is 8.63. The smallest absolute Gasteiger partial charge is 0.322 e. The number of rotatable bonds is 29. The first-order valence-corrected chi connectivity index (χ1v) is 30.8. The quantitative estimate of drug-likeness (QED) is 0.0277. The maximum atomic E-state index is 14.5. The van der Waals surface area contributed by atoms with Gasteiger partial charge in [-0.15, -0.1) is 0 Å². The van der Waals surface area contributed by atoms with Gasteiger partial charge in [-0.05, 0) is 96.1 Å². The van der Waals surface area contributed by atoms with Crippen LogP contribution < -0.4 is 82.3 Å². The molecule has 1 aromatic rings. The van der Waals surface area contributed by atoms with Crippen LogP contribution in [0.5, 0.6) is 0 Å². The average Bonchev–Trinajstić information content (AvgIpc) is 3.43. The van der Waals surface area contributed by atoms with E-state index < -0.39 is 131 Å². The van der Waals surface area contributed by atoms with Crippen LogP contribution in [0.1, 0.15) is 117 Å². The fourth-order valence-corrected chi connectivity index (χ4v) is 10.8. The van der Waals surface area contributed by atoms with Gasteiger partial charge in [-0.1, -0.05) is 105 Å². The first-order valence-electron chi connectivity index (χ1n) is 28.4. The molecule has 30 heteroatoms. The van der Waals surface area contributed by atoms with Gasteiger partial charge in [0.2, 0.25) is 53.2 Å². The molecule has 2 rings (SSSR count). The topological polar surface area (TPSA) is 476 Å². The van der Waals surface area contributed by atoms with Crippen LogP contribution in [0, 0.1) is 5.92 Å². The van der Waals surface area contributed by atoms with Gasteiger partial charge >= 0.3 is 6.03 Å². The van der Waals surface area contributed by atoms with Crippen LogP contribution >= 0.6 is 21.6 Å². The molecule has 1 saturated heterocycles. The fraction of sp³-hybridized carbons (Fsp3) is 0.679. The van der Waals surface area contributed by atoms with Gasteiger partial charge < -0.3 is 87.4 Å². The molecule has 28 nitrogen and oxygen atoms in total. The third kappa shape index (κ3) is 27.0. The van der Waals surface area contributed by atoms with E-state index in [9.17, 15) is 57.8 Å². The summed E-state index contributed by atoms with van der Waals surface area (Å²) in [6, 6.07) is -5.50. The van der Waals surface area contributed by atoms with Crippen molar-refractivity contribution in [2.45, 2.75) is 178 Å². The van der Waals surface area contributed by atoms with Crippen molar-refractivity contribution in [3.63, 3.8) is 0 Å². The Bertz CT molecular complexity index is 2260. The van der Waals surface area contributed by atoms with Crippen LogP contribution in [0.15, 0.2) is 30.3 Å². The lowest BCUT2D eigenvalue weighted by Crippen LogP contribution is -2.62. The number of nitrogens with zero attached hydrogens (tertiary/aromatic N) is 1. The maximum absolute atomic E-state index is 14.5. The number of aliphatic hydroxyl groups is 1. The summed E-state index contributed by atoms with van der Waals surface area (Å²) in [5.74, 6) is -9.61. The van der Waals surface area contributed by atoms with Crippen molar-refractivity contribution in [2.75, 3.05) is 44.4 Å². The van der Waals surface area contributed by atoms with E-state index in [1.807, 2.05) is 0 Å². The van der Waals surface area contributed by atoms with Crippen LogP contribution in [-0.4, -0.2) is 180 Å². The van der Waals surface area contributed by atoms with Crippen molar-refractivity contribution < 1.29 is 57.8 Å². The number of hydrogen-bond acceptors (Lipinski definition) is 19. The van der Waals surface area contributed by atoms with E-state index in [0.717, 1.165) is 53.7 Å². The first kappa shape index (κ1) is 73.0. The van der Waals surface area contributed by atoms with Gasteiger partial charge in [0.1, 0.15) is 54.4 Å². The van der Waals surface area contributed by atoms with Crippen LogP contribution in [-0.2, 0) is 54.4 Å². The van der Waals surface area contributed by atoms with Crippen molar-refractivity contribution in [2.24, 2.45) is 40.3 Å². The van der Waals surface area contributed by atoms with Gasteiger partial charge in [0, 0.05) is 18.6 Å². The number of nitrogens with one attached hydrogen (secondary N) is 9. The SMILES string of the molecule is CCCCCCCCC(=O)N[C@@H](CCN)C(=O)N[C@H](C(=O)N[C@@H](CCN)C(=O)N[C@H]1CSSCN(C(N)=O)C(=O)[C@H](CCN)NC(=O)[C@H](CCN)NC(=O)[C@H](CC(C)C)NC(=O)[C@@H](Cc2ccccc2)NC(=O)[C@H](CCN)NC1=O)C(C)O. The Labute approximate surface area is 494 Å². The second-order valence-electron chi connectivity index (χ2n) is 20.6. The van der Waals surface area contributed by atoms with Gasteiger partial charge in [0.05, 0.1) is 12.0 Å². The molecule has 0 spiro atoms. The maximum Gasteiger partial charge on any atom is 0.322 e. The Morgan fingerprint density at radius 3 is 1.67 bits per heavy atom. The first-order chi connectivity index (χ1) is 39.5. The molecule has 0 aromatic heterocycles. The number of amides is 12. The highest BCUT2D eigenvalue weighted by Crippen LogP contribution is 2.24. The summed E-state index contributed by atoms with van der Waals surface area (Å²) in [7, 11) is 1.68. The minimum atomic E-state index is -1.68. The Balaban J connectivity index is 2.64. The van der Waals surface area contributed by atoms with Gasteiger partial charge in [0.15, 0.2) is 0 Å². The summed E-state index contributed by atoms with van der Waals surface area (Å²) >= 11 is 0. The van der Waals surface area contributed by atoms with E-state index in [1.54, 1.807) is 44.2 Å². The van der Waals surface area contributed by atoms with E-state index in [0.29, 0.717) is 16.9 Å². The summed E-state index contributed by atoms with van der Waals surface area (Å²) in [5, 5.41) is 34.1. The van der Waals surface area contributed by atoms with Crippen molar-refractivity contribution in [1.29, 1.82) is 0 Å². The zero-order valence-electron chi connectivity index (χ0n) is 48.3. The third-order valence-corrected chi connectivity index (χ3v) is 15.4. The predicted octanol–water partition coefficient (Wildman–Crippen LogP) is -3.23. The lowest BCUT2D eigenvalue weighted by Gasteiger charge is -2.29. The average molecular weight is 1210 g/mol. The number of aliphatic hydroxyl groups excluding tert-OH is 1. The number of urea groups is 1. The molecular formula is C53H92N16O12S2. The van der Waals surface area contributed by atoms with E-state index >= 15 is 0 Å². The monoisotopic (exact) mass is 1210 g/mol. The molecule has 1 heterocycles. The van der Waals surface area contributed by atoms with Gasteiger partial charge in [-0.25, -0.2) is 4.79 Å². The van der Waals surface area contributed by atoms with E-state index in [2.05, 4.69) is 54.8 Å². The minimum absolute atomic E-state index is 0.00356. The number of imide groups is 1. The Morgan fingerprint density at radius 2 is 1.12 bits per heavy atom. The molecule has 1 aliphatic rings. The van der Waals surface area contributed by atoms with Gasteiger partial charge in [0.25, 0.3) is 5.91 Å². The summed E-state index contributed by atoms with van der Waals surface area (Å²) in [5.41, 5.74) is 35.6. The van der Waals surface area contributed by atoms with Crippen LogP contribution in [0.2, 0.25) is 0 Å². The second kappa shape index (κ2) is 40.2. The molecule has 83 heavy (non-hydrogen) atoms. The lowest BCUT2D eigenvalue weighted by molar-refractivity contribution is -0.137. The molecule has 12 amide bonds. The summed E-state index contributed by atoms with van der Waals surface area (Å²) < 4.78 is 0. The standard InChI is InChI=1S/C53H92N16O12S2/c1-5-6-7-8-9-13-16-42(71)60-34(17-22-54)47(75)68-43(32(4)70)51(79)63-37(20-25-57)46(74)67-41-29-82-83-30-69(53(59)81)52(80)38(21-26-58)64-44(72)35(18-23-55)61-48(76)39(27-31(2)3)65-49(77)40(28-33-14-11-10-12-15-33)66-45(73)36(19-24-56)62-50(41)78/h10-12,14-15,31-32,34-41,43,70H,5-9,13,16-30,54-58H2,1-4H3,(H2,59,81)(H,60,71)(H,61,76)(H,62,78)(H,63,79)(H,64,72)(H,65,77)(H,66,73)(H,67,74)(H,68,75)/t32?,34-,35-,36-,37-,38-,39-,40+,41-,43-/m0/s1. The number of carbonyl (C=O) groups is 11. The Hall–Kier alpha value is -6.15. The molecule has 0 radical (unpaired) electrons.